The van der Waals surface area contributed by atoms with Crippen LogP contribution in [0, 0.1) is 0 Å². The molecule has 1 fully saturated rings. The van der Waals surface area contributed by atoms with Gasteiger partial charge in [0.05, 0.1) is 16.1 Å². The summed E-state index contributed by atoms with van der Waals surface area (Å²) < 4.78 is 0. The molecule has 0 unspecified atom stereocenters. The number of thiophene rings is 1. The molecule has 0 aliphatic carbocycles. The molecule has 1 amide bonds. The van der Waals surface area contributed by atoms with Gasteiger partial charge in [-0.2, -0.15) is 0 Å². The molecule has 4 heterocycles. The number of aromatic nitrogens is 3. The summed E-state index contributed by atoms with van der Waals surface area (Å²) in [6, 6.07) is 3.80. The lowest BCUT2D eigenvalue weighted by atomic mass is 9.91. The smallest absolute Gasteiger partial charge is 0.255 e. The van der Waals surface area contributed by atoms with E-state index in [1.807, 2.05) is 21.7 Å². The molecule has 8 heteroatoms. The molecule has 0 spiro atoms. The van der Waals surface area contributed by atoms with E-state index in [1.54, 1.807) is 32.3 Å². The molecule has 29 heavy (non-hydrogen) atoms. The Morgan fingerprint density at radius 3 is 2.69 bits per heavy atom. The molecule has 2 atom stereocenters. The minimum atomic E-state index is -0.943. The summed E-state index contributed by atoms with van der Waals surface area (Å²) in [5.74, 6) is 0.780. The number of hydrogen-bond donors (Lipinski definition) is 1. The van der Waals surface area contributed by atoms with Gasteiger partial charge < -0.3 is 10.0 Å². The Morgan fingerprint density at radius 2 is 2.00 bits per heavy atom. The number of hydrogen-bond acceptors (Lipinski definition) is 7. The Morgan fingerprint density at radius 1 is 1.24 bits per heavy atom. The molecule has 1 saturated heterocycles. The van der Waals surface area contributed by atoms with Crippen LogP contribution < -0.4 is 0 Å². The van der Waals surface area contributed by atoms with E-state index in [4.69, 9.17) is 0 Å². The monoisotopic (exact) mass is 428 g/mol. The van der Waals surface area contributed by atoms with Crippen molar-refractivity contribution >= 4 is 28.6 Å². The Balaban J connectivity index is 1.58. The van der Waals surface area contributed by atoms with Crippen molar-refractivity contribution in [1.29, 1.82) is 0 Å². The first-order valence-electron chi connectivity index (χ1n) is 9.68. The van der Waals surface area contributed by atoms with Crippen LogP contribution in [0.3, 0.4) is 0 Å². The maximum absolute atomic E-state index is 13.4. The third-order valence-corrected chi connectivity index (χ3v) is 7.35. The standard InChI is InChI=1S/C21H24N4O2S2/c1-13-5-6-14(16-12-29-20(24-16)21(2,3)27)11-25(13)19(26)15-7-10-28-17(15)18-22-8-4-9-23-18/h4,7-10,12-14,27H,5-6,11H2,1-3H3/t13-,14-/m1/s1. The average molecular weight is 429 g/mol. The summed E-state index contributed by atoms with van der Waals surface area (Å²) in [6.45, 7) is 6.22. The largest absolute Gasteiger partial charge is 0.383 e. The lowest BCUT2D eigenvalue weighted by Crippen LogP contribution is -2.45. The van der Waals surface area contributed by atoms with Crippen LogP contribution in [0.25, 0.3) is 10.7 Å². The summed E-state index contributed by atoms with van der Waals surface area (Å²) in [4.78, 5) is 29.5. The van der Waals surface area contributed by atoms with Crippen molar-refractivity contribution in [3.63, 3.8) is 0 Å². The van der Waals surface area contributed by atoms with Gasteiger partial charge in [-0.25, -0.2) is 15.0 Å². The van der Waals surface area contributed by atoms with E-state index < -0.39 is 5.60 Å². The Bertz CT molecular complexity index is 994. The molecule has 3 aromatic heterocycles. The Labute approximate surface area is 178 Å². The highest BCUT2D eigenvalue weighted by Crippen LogP contribution is 2.35. The van der Waals surface area contributed by atoms with Crippen LogP contribution in [0.15, 0.2) is 35.3 Å². The first-order valence-corrected chi connectivity index (χ1v) is 11.4. The maximum atomic E-state index is 13.4. The van der Waals surface area contributed by atoms with Gasteiger partial charge in [0.25, 0.3) is 5.91 Å². The predicted molar refractivity (Wildman–Crippen MR) is 115 cm³/mol. The van der Waals surface area contributed by atoms with E-state index >= 15 is 0 Å². The number of thiazole rings is 1. The molecule has 0 radical (unpaired) electrons. The van der Waals surface area contributed by atoms with E-state index in [9.17, 15) is 9.90 Å². The highest BCUT2D eigenvalue weighted by molar-refractivity contribution is 7.14. The summed E-state index contributed by atoms with van der Waals surface area (Å²) in [7, 11) is 0. The fourth-order valence-corrected chi connectivity index (χ4v) is 5.37. The zero-order chi connectivity index (χ0) is 20.6. The van der Waals surface area contributed by atoms with Gasteiger partial charge >= 0.3 is 0 Å². The van der Waals surface area contributed by atoms with E-state index in [0.717, 1.165) is 23.4 Å². The zero-order valence-electron chi connectivity index (χ0n) is 16.7. The quantitative estimate of drug-likeness (QED) is 0.670. The number of rotatable bonds is 4. The minimum Gasteiger partial charge on any atom is -0.383 e. The van der Waals surface area contributed by atoms with Gasteiger partial charge in [0.15, 0.2) is 5.82 Å². The van der Waals surface area contributed by atoms with Crippen molar-refractivity contribution in [2.24, 2.45) is 0 Å². The topological polar surface area (TPSA) is 79.2 Å². The number of carbonyl (C=O) groups is 1. The summed E-state index contributed by atoms with van der Waals surface area (Å²) >= 11 is 2.97. The number of aliphatic hydroxyl groups is 1. The number of amides is 1. The second-order valence-electron chi connectivity index (χ2n) is 7.95. The van der Waals surface area contributed by atoms with Crippen LogP contribution in [-0.2, 0) is 5.60 Å². The molecule has 0 bridgehead atoms. The van der Waals surface area contributed by atoms with Gasteiger partial charge in [-0.15, -0.1) is 22.7 Å². The molecule has 4 rings (SSSR count). The maximum Gasteiger partial charge on any atom is 0.255 e. The fourth-order valence-electron chi connectivity index (χ4n) is 3.61. The number of nitrogens with zero attached hydrogens (tertiary/aromatic N) is 4. The van der Waals surface area contributed by atoms with Crippen LogP contribution >= 0.6 is 22.7 Å². The van der Waals surface area contributed by atoms with Crippen molar-refractivity contribution in [1.82, 2.24) is 19.9 Å². The Kier molecular flexibility index (Phi) is 5.50. The molecule has 152 valence electrons. The lowest BCUT2D eigenvalue weighted by molar-refractivity contribution is 0.0605. The molecule has 1 aliphatic rings. The van der Waals surface area contributed by atoms with Crippen molar-refractivity contribution in [3.8, 4) is 10.7 Å². The van der Waals surface area contributed by atoms with Gasteiger partial charge in [-0.3, -0.25) is 4.79 Å². The lowest BCUT2D eigenvalue weighted by Gasteiger charge is -2.37. The molecule has 1 aliphatic heterocycles. The molecule has 3 aromatic rings. The van der Waals surface area contributed by atoms with Gasteiger partial charge in [-0.1, -0.05) is 0 Å². The van der Waals surface area contributed by atoms with Crippen molar-refractivity contribution < 1.29 is 9.90 Å². The zero-order valence-corrected chi connectivity index (χ0v) is 18.3. The van der Waals surface area contributed by atoms with Gasteiger partial charge in [0, 0.05) is 36.3 Å². The summed E-state index contributed by atoms with van der Waals surface area (Å²) in [6.07, 6.45) is 5.29. The summed E-state index contributed by atoms with van der Waals surface area (Å²) in [5.41, 5.74) is 0.680. The van der Waals surface area contributed by atoms with Crippen LogP contribution in [0.5, 0.6) is 0 Å². The number of likely N-dealkylation sites (tertiary alicyclic amines) is 1. The first-order chi connectivity index (χ1) is 13.8. The molecule has 6 nitrogen and oxygen atoms in total. The van der Waals surface area contributed by atoms with Crippen LogP contribution in [0.4, 0.5) is 0 Å². The van der Waals surface area contributed by atoms with Crippen LogP contribution in [0.1, 0.15) is 60.6 Å². The molecule has 1 N–H and O–H groups in total. The van der Waals surface area contributed by atoms with E-state index in [0.29, 0.717) is 22.9 Å². The van der Waals surface area contributed by atoms with Gasteiger partial charge in [0.1, 0.15) is 10.6 Å². The minimum absolute atomic E-state index is 0.0174. The van der Waals surface area contributed by atoms with E-state index in [-0.39, 0.29) is 17.9 Å². The van der Waals surface area contributed by atoms with E-state index in [1.165, 1.54) is 22.7 Å². The number of carbonyl (C=O) groups excluding carboxylic acids is 1. The fraction of sp³-hybridized carbons (Fsp3) is 0.429. The molecular weight excluding hydrogens is 404 g/mol. The van der Waals surface area contributed by atoms with Gasteiger partial charge in [0.2, 0.25) is 0 Å². The number of piperidine rings is 1. The SMILES string of the molecule is C[C@@H]1CC[C@@H](c2csc(C(C)(C)O)n2)CN1C(=O)c1ccsc1-c1ncccn1. The van der Waals surface area contributed by atoms with Crippen LogP contribution in [-0.4, -0.2) is 43.5 Å². The summed E-state index contributed by atoms with van der Waals surface area (Å²) in [5, 5.41) is 14.9. The van der Waals surface area contributed by atoms with E-state index in [2.05, 4.69) is 21.9 Å². The highest BCUT2D eigenvalue weighted by Gasteiger charge is 2.33. The first kappa shape index (κ1) is 20.1. The normalized spacial score (nSPS) is 20.1. The second-order valence-corrected chi connectivity index (χ2v) is 9.73. The molecular formula is C21H24N4O2S2. The molecule has 0 saturated carbocycles. The third kappa shape index (κ3) is 4.10. The molecule has 0 aromatic carbocycles. The van der Waals surface area contributed by atoms with Crippen molar-refractivity contribution in [2.45, 2.75) is 51.2 Å². The highest BCUT2D eigenvalue weighted by atomic mass is 32.1. The van der Waals surface area contributed by atoms with Crippen molar-refractivity contribution in [3.05, 3.63) is 51.6 Å². The van der Waals surface area contributed by atoms with Crippen LogP contribution in [0.2, 0.25) is 0 Å². The van der Waals surface area contributed by atoms with Gasteiger partial charge in [-0.05, 0) is 51.1 Å². The average Bonchev–Trinajstić information content (AvgIpc) is 3.38. The third-order valence-electron chi connectivity index (χ3n) is 5.27. The second kappa shape index (κ2) is 7.93. The Hall–Kier alpha value is -2.16. The van der Waals surface area contributed by atoms with Crippen molar-refractivity contribution in [2.75, 3.05) is 6.54 Å². The predicted octanol–water partition coefficient (Wildman–Crippen LogP) is 4.30.